The van der Waals surface area contributed by atoms with Crippen molar-refractivity contribution >= 4 is 55.2 Å². The zero-order valence-electron chi connectivity index (χ0n) is 25.0. The first-order chi connectivity index (χ1) is 21.1. The van der Waals surface area contributed by atoms with E-state index >= 15 is 0 Å². The highest BCUT2D eigenvalue weighted by Crippen LogP contribution is 2.37. The van der Waals surface area contributed by atoms with Gasteiger partial charge in [0.1, 0.15) is 24.1 Å². The van der Waals surface area contributed by atoms with Gasteiger partial charge in [-0.2, -0.15) is 0 Å². The van der Waals surface area contributed by atoms with E-state index in [0.717, 1.165) is 20.1 Å². The quantitative estimate of drug-likeness (QED) is 0.173. The van der Waals surface area contributed by atoms with Crippen LogP contribution in [0.5, 0.6) is 11.5 Å². The van der Waals surface area contributed by atoms with Crippen LogP contribution in [0.1, 0.15) is 56.0 Å². The van der Waals surface area contributed by atoms with Gasteiger partial charge >= 0.3 is 5.97 Å². The van der Waals surface area contributed by atoms with Crippen LogP contribution in [0.4, 0.5) is 0 Å². The predicted octanol–water partition coefficient (Wildman–Crippen LogP) is 7.00. The minimum Gasteiger partial charge on any atom is -0.491 e. The maximum Gasteiger partial charge on any atom is 0.338 e. The number of carbonyl (C=O) groups excluding carboxylic acids is 1. The summed E-state index contributed by atoms with van der Waals surface area (Å²) in [6, 6.07) is 18.7. The maximum atomic E-state index is 14.1. The standard InChI is InChI=1S/C34H32Br2N2O5S/c1-6-41-33(40)29-21(5)37-34-38(30(29)24-12-7-8-13-27(24)43-19(2)3)32(39)28(44-34)17-23-15-25(35)31(26(36)16-23)42-18-22-11-9-10-20(4)14-22/h7-17,19,30H,6,18H2,1-5H3/b28-17+/t30-/m1/s1. The maximum absolute atomic E-state index is 14.1. The van der Waals surface area contributed by atoms with Gasteiger partial charge in [0.15, 0.2) is 4.80 Å². The molecular weight excluding hydrogens is 708 g/mol. The van der Waals surface area contributed by atoms with Crippen molar-refractivity contribution in [1.82, 2.24) is 4.57 Å². The summed E-state index contributed by atoms with van der Waals surface area (Å²) in [5.74, 6) is 0.746. The fraction of sp³-hybridized carbons (Fsp3) is 0.265. The lowest BCUT2D eigenvalue weighted by molar-refractivity contribution is -0.139. The SMILES string of the molecule is CCOC(=O)C1=C(C)N=c2s/c(=C/c3cc(Br)c(OCc4cccc(C)c4)c(Br)c3)c(=O)n2[C@@H]1c1ccccc1OC(C)C. The summed E-state index contributed by atoms with van der Waals surface area (Å²) in [6.45, 7) is 10.1. The van der Waals surface area contributed by atoms with Crippen LogP contribution in [0.25, 0.3) is 6.08 Å². The van der Waals surface area contributed by atoms with Crippen molar-refractivity contribution in [1.29, 1.82) is 0 Å². The fourth-order valence-electron chi connectivity index (χ4n) is 5.06. The number of hydrogen-bond acceptors (Lipinski definition) is 7. The number of rotatable bonds is 9. The third-order valence-corrected chi connectivity index (χ3v) is 9.04. The molecule has 0 saturated carbocycles. The molecule has 0 N–H and O–H groups in total. The van der Waals surface area contributed by atoms with E-state index in [1.807, 2.05) is 81.4 Å². The number of fused-ring (bicyclic) bond motifs is 1. The van der Waals surface area contributed by atoms with Gasteiger partial charge in [-0.05, 0) is 102 Å². The number of ether oxygens (including phenoxy) is 3. The van der Waals surface area contributed by atoms with Gasteiger partial charge < -0.3 is 14.2 Å². The monoisotopic (exact) mass is 738 g/mol. The molecule has 5 rings (SSSR count). The van der Waals surface area contributed by atoms with Crippen molar-refractivity contribution in [3.63, 3.8) is 0 Å². The minimum atomic E-state index is -0.765. The van der Waals surface area contributed by atoms with E-state index in [9.17, 15) is 9.59 Å². The summed E-state index contributed by atoms with van der Waals surface area (Å²) >= 11 is 8.56. The number of hydrogen-bond donors (Lipinski definition) is 0. The Morgan fingerprint density at radius 1 is 1.07 bits per heavy atom. The van der Waals surface area contributed by atoms with E-state index in [4.69, 9.17) is 14.2 Å². The molecule has 1 aliphatic heterocycles. The first-order valence-corrected chi connectivity index (χ1v) is 16.6. The Balaban J connectivity index is 1.59. The topological polar surface area (TPSA) is 79.1 Å². The second kappa shape index (κ2) is 13.7. The zero-order chi connectivity index (χ0) is 31.5. The molecule has 228 valence electrons. The number of nitrogens with zero attached hydrogens (tertiary/aromatic N) is 2. The molecule has 0 radical (unpaired) electrons. The van der Waals surface area contributed by atoms with Gasteiger partial charge in [-0.15, -0.1) is 0 Å². The molecule has 0 aliphatic carbocycles. The molecule has 3 aromatic carbocycles. The summed E-state index contributed by atoms with van der Waals surface area (Å²) in [5.41, 5.74) is 4.27. The molecule has 0 fully saturated rings. The molecule has 44 heavy (non-hydrogen) atoms. The molecule has 0 saturated heterocycles. The lowest BCUT2D eigenvalue weighted by Crippen LogP contribution is -2.40. The van der Waals surface area contributed by atoms with Gasteiger partial charge in [-0.1, -0.05) is 59.4 Å². The van der Waals surface area contributed by atoms with Crippen LogP contribution >= 0.6 is 43.2 Å². The van der Waals surface area contributed by atoms with Gasteiger partial charge in [0.25, 0.3) is 5.56 Å². The van der Waals surface area contributed by atoms with Crippen molar-refractivity contribution < 1.29 is 19.0 Å². The van der Waals surface area contributed by atoms with Crippen LogP contribution in [0.3, 0.4) is 0 Å². The molecule has 1 atom stereocenters. The van der Waals surface area contributed by atoms with Crippen molar-refractivity contribution in [2.75, 3.05) is 6.61 Å². The molecule has 0 bridgehead atoms. The Morgan fingerprint density at radius 3 is 2.48 bits per heavy atom. The number of allylic oxidation sites excluding steroid dienone is 1. The number of halogens is 2. The first kappa shape index (κ1) is 31.9. The number of carbonyl (C=O) groups is 1. The van der Waals surface area contributed by atoms with Gasteiger partial charge in [-0.3, -0.25) is 9.36 Å². The average molecular weight is 741 g/mol. The van der Waals surface area contributed by atoms with E-state index < -0.39 is 12.0 Å². The van der Waals surface area contributed by atoms with E-state index in [1.54, 1.807) is 18.4 Å². The number of thiazole rings is 1. The summed E-state index contributed by atoms with van der Waals surface area (Å²) in [7, 11) is 0. The molecule has 7 nitrogen and oxygen atoms in total. The summed E-state index contributed by atoms with van der Waals surface area (Å²) < 4.78 is 21.2. The van der Waals surface area contributed by atoms with Crippen molar-refractivity contribution in [2.24, 2.45) is 4.99 Å². The van der Waals surface area contributed by atoms with Crippen molar-refractivity contribution in [3.8, 4) is 11.5 Å². The molecule has 2 heterocycles. The van der Waals surface area contributed by atoms with Crippen LogP contribution in [-0.2, 0) is 16.1 Å². The first-order valence-electron chi connectivity index (χ1n) is 14.2. The number of aryl methyl sites for hydroxylation is 1. The average Bonchev–Trinajstić information content (AvgIpc) is 3.26. The zero-order valence-corrected chi connectivity index (χ0v) is 29.0. The molecule has 0 unspecified atom stereocenters. The lowest BCUT2D eigenvalue weighted by atomic mass is 9.95. The second-order valence-electron chi connectivity index (χ2n) is 10.6. The van der Waals surface area contributed by atoms with Crippen LogP contribution < -0.4 is 24.4 Å². The molecular formula is C34H32Br2N2O5S. The number of aromatic nitrogens is 1. The van der Waals surface area contributed by atoms with E-state index in [1.165, 1.54) is 16.9 Å². The van der Waals surface area contributed by atoms with Crippen LogP contribution in [0.15, 0.2) is 90.7 Å². The van der Waals surface area contributed by atoms with Crippen LogP contribution in [-0.4, -0.2) is 23.2 Å². The smallest absolute Gasteiger partial charge is 0.338 e. The Bertz CT molecular complexity index is 1920. The van der Waals surface area contributed by atoms with Crippen LogP contribution in [0, 0.1) is 6.92 Å². The molecule has 4 aromatic rings. The third-order valence-electron chi connectivity index (χ3n) is 6.88. The molecule has 1 aliphatic rings. The van der Waals surface area contributed by atoms with Gasteiger partial charge in [-0.25, -0.2) is 9.79 Å². The van der Waals surface area contributed by atoms with E-state index in [-0.39, 0.29) is 18.3 Å². The minimum absolute atomic E-state index is 0.108. The molecule has 0 spiro atoms. The Hall–Kier alpha value is -3.47. The van der Waals surface area contributed by atoms with E-state index in [2.05, 4.69) is 42.9 Å². The highest BCUT2D eigenvalue weighted by atomic mass is 79.9. The third kappa shape index (κ3) is 6.77. The molecule has 1 aromatic heterocycles. The predicted molar refractivity (Wildman–Crippen MR) is 180 cm³/mol. The Labute approximate surface area is 276 Å². The second-order valence-corrected chi connectivity index (χ2v) is 13.3. The Kier molecular flexibility index (Phi) is 9.92. The highest BCUT2D eigenvalue weighted by molar-refractivity contribution is 9.11. The van der Waals surface area contributed by atoms with Gasteiger partial charge in [0, 0.05) is 5.56 Å². The summed E-state index contributed by atoms with van der Waals surface area (Å²) in [5, 5.41) is 0. The molecule has 0 amide bonds. The molecule has 10 heteroatoms. The lowest BCUT2D eigenvalue weighted by Gasteiger charge is -2.26. The van der Waals surface area contributed by atoms with E-state index in [0.29, 0.717) is 44.3 Å². The summed E-state index contributed by atoms with van der Waals surface area (Å²) in [4.78, 5) is 32.6. The van der Waals surface area contributed by atoms with Crippen molar-refractivity contribution in [3.05, 3.63) is 123 Å². The van der Waals surface area contributed by atoms with Crippen molar-refractivity contribution in [2.45, 2.75) is 53.4 Å². The normalized spacial score (nSPS) is 14.8. The largest absolute Gasteiger partial charge is 0.491 e. The summed E-state index contributed by atoms with van der Waals surface area (Å²) in [6.07, 6.45) is 1.71. The number of benzene rings is 3. The number of esters is 1. The fourth-order valence-corrected chi connectivity index (χ4v) is 7.56. The Morgan fingerprint density at radius 2 is 1.80 bits per heavy atom. The van der Waals surface area contributed by atoms with Gasteiger partial charge in [0.2, 0.25) is 0 Å². The van der Waals surface area contributed by atoms with Crippen LogP contribution in [0.2, 0.25) is 0 Å². The number of para-hydroxylation sites is 1. The highest BCUT2D eigenvalue weighted by Gasteiger charge is 2.35. The van der Waals surface area contributed by atoms with Gasteiger partial charge in [0.05, 0.1) is 37.5 Å².